The zero-order valence-corrected chi connectivity index (χ0v) is 19.0. The van der Waals surface area contributed by atoms with E-state index in [1.54, 1.807) is 6.92 Å². The summed E-state index contributed by atoms with van der Waals surface area (Å²) in [5.74, 6) is 1.69. The first-order valence-electron chi connectivity index (χ1n) is 10.3. The van der Waals surface area contributed by atoms with Crippen molar-refractivity contribution in [3.05, 3.63) is 47.5 Å². The van der Waals surface area contributed by atoms with Crippen LogP contribution in [0.3, 0.4) is 0 Å². The number of benzene rings is 1. The first kappa shape index (κ1) is 21.8. The van der Waals surface area contributed by atoms with Gasteiger partial charge in [0.2, 0.25) is 0 Å². The van der Waals surface area contributed by atoms with E-state index in [9.17, 15) is 4.55 Å². The fourth-order valence-corrected chi connectivity index (χ4v) is 4.36. The average molecular weight is 413 g/mol. The normalized spacial score (nSPS) is 21.8. The van der Waals surface area contributed by atoms with Crippen LogP contribution in [0.5, 0.6) is 5.75 Å². The van der Waals surface area contributed by atoms with Gasteiger partial charge in [-0.25, -0.2) is 4.98 Å². The van der Waals surface area contributed by atoms with Gasteiger partial charge in [0.05, 0.1) is 17.3 Å². The van der Waals surface area contributed by atoms with E-state index in [-0.39, 0.29) is 0 Å². The maximum Gasteiger partial charge on any atom is 0.149 e. The van der Waals surface area contributed by atoms with Crippen LogP contribution in [-0.4, -0.2) is 21.4 Å². The van der Waals surface area contributed by atoms with Gasteiger partial charge in [0, 0.05) is 12.3 Å². The Bertz CT molecular complexity index is 909. The van der Waals surface area contributed by atoms with Gasteiger partial charge in [-0.2, -0.15) is 0 Å². The van der Waals surface area contributed by atoms with E-state index in [0.717, 1.165) is 41.1 Å². The van der Waals surface area contributed by atoms with Gasteiger partial charge in [0.1, 0.15) is 27.7 Å². The number of nitrogens with zero attached hydrogens (tertiary/aromatic N) is 2. The summed E-state index contributed by atoms with van der Waals surface area (Å²) in [6.07, 6.45) is 5.00. The monoisotopic (exact) mass is 412 g/mol. The van der Waals surface area contributed by atoms with E-state index < -0.39 is 11.4 Å². The molecule has 0 spiro atoms. The minimum atomic E-state index is -1.42. The number of fused-ring (bicyclic) bond motifs is 1. The van der Waals surface area contributed by atoms with Crippen molar-refractivity contribution in [3.8, 4) is 5.75 Å². The first-order valence-corrected chi connectivity index (χ1v) is 11.4. The Balaban J connectivity index is 1.69. The van der Waals surface area contributed by atoms with Gasteiger partial charge >= 0.3 is 0 Å². The van der Waals surface area contributed by atoms with Crippen LogP contribution >= 0.6 is 0 Å². The number of hydrogen-bond donors (Lipinski definition) is 0. The van der Waals surface area contributed by atoms with E-state index in [1.165, 1.54) is 12.8 Å². The zero-order valence-electron chi connectivity index (χ0n) is 18.2. The molecule has 0 bridgehead atoms. The Kier molecular flexibility index (Phi) is 6.69. The molecule has 1 fully saturated rings. The Morgan fingerprint density at radius 3 is 2.45 bits per heavy atom. The molecule has 1 atom stereocenters. The van der Waals surface area contributed by atoms with Gasteiger partial charge in [0.15, 0.2) is 0 Å². The second-order valence-corrected chi connectivity index (χ2v) is 10.5. The summed E-state index contributed by atoms with van der Waals surface area (Å²) >= 11 is -1.42. The van der Waals surface area contributed by atoms with Gasteiger partial charge in [-0.1, -0.05) is 31.2 Å². The molecule has 0 amide bonds. The lowest BCUT2D eigenvalue weighted by Crippen LogP contribution is -2.30. The van der Waals surface area contributed by atoms with Crippen molar-refractivity contribution in [1.29, 1.82) is 0 Å². The van der Waals surface area contributed by atoms with Crippen molar-refractivity contribution in [3.63, 3.8) is 0 Å². The second kappa shape index (κ2) is 8.88. The standard InChI is InChI=1S/C24H32N2O2S/c1-16(2)29(27)26-17(3)22-13-7-18-15-21(12-14-23(18)25-22)28-20-10-8-19(9-11-20)24(4,5)6/h7,12-15,19-20H,1,8-11H2,2-6H3. The zero-order chi connectivity index (χ0) is 21.2. The van der Waals surface area contributed by atoms with Gasteiger partial charge in [-0.15, -0.1) is 0 Å². The highest BCUT2D eigenvalue weighted by atomic mass is 32.2. The lowest BCUT2D eigenvalue weighted by Gasteiger charge is -2.36. The maximum absolute atomic E-state index is 11.9. The minimum Gasteiger partial charge on any atom is -0.586 e. The first-order chi connectivity index (χ1) is 13.6. The molecule has 1 heterocycles. The van der Waals surface area contributed by atoms with Crippen LogP contribution in [0, 0.1) is 11.3 Å². The molecule has 3 rings (SSSR count). The van der Waals surface area contributed by atoms with Crippen molar-refractivity contribution in [1.82, 2.24) is 4.98 Å². The summed E-state index contributed by atoms with van der Waals surface area (Å²) in [7, 11) is 0. The summed E-state index contributed by atoms with van der Waals surface area (Å²) < 4.78 is 22.3. The van der Waals surface area contributed by atoms with E-state index in [0.29, 0.717) is 22.1 Å². The van der Waals surface area contributed by atoms with Gasteiger partial charge in [-0.3, -0.25) is 0 Å². The Morgan fingerprint density at radius 1 is 1.14 bits per heavy atom. The molecule has 156 valence electrons. The molecule has 4 nitrogen and oxygen atoms in total. The highest BCUT2D eigenvalue weighted by Gasteiger charge is 2.30. The van der Waals surface area contributed by atoms with Gasteiger partial charge in [-0.05, 0) is 74.8 Å². The quantitative estimate of drug-likeness (QED) is 0.432. The molecule has 1 unspecified atom stereocenters. The third-order valence-electron chi connectivity index (χ3n) is 5.75. The van der Waals surface area contributed by atoms with E-state index in [1.807, 2.05) is 31.2 Å². The fourth-order valence-electron chi connectivity index (χ4n) is 3.87. The minimum absolute atomic E-state index is 0.296. The SMILES string of the molecule is C=C(C)[S+]([O-])N=C(C)c1ccc2cc(OC3CCC(C(C)(C)C)CC3)ccc2n1. The summed E-state index contributed by atoms with van der Waals surface area (Å²) in [6.45, 7) is 14.2. The van der Waals surface area contributed by atoms with Crippen molar-refractivity contribution >= 4 is 28.0 Å². The van der Waals surface area contributed by atoms with Crippen LogP contribution in [0.2, 0.25) is 0 Å². The lowest BCUT2D eigenvalue weighted by atomic mass is 9.72. The van der Waals surface area contributed by atoms with Crippen molar-refractivity contribution in [2.45, 2.75) is 66.4 Å². The number of rotatable bonds is 5. The highest BCUT2D eigenvalue weighted by molar-refractivity contribution is 7.94. The Hall–Kier alpha value is -1.85. The molecule has 29 heavy (non-hydrogen) atoms. The van der Waals surface area contributed by atoms with E-state index in [2.05, 4.69) is 42.8 Å². The third kappa shape index (κ3) is 5.61. The highest BCUT2D eigenvalue weighted by Crippen LogP contribution is 2.38. The lowest BCUT2D eigenvalue weighted by molar-refractivity contribution is 0.0883. The van der Waals surface area contributed by atoms with Gasteiger partial charge in [0.25, 0.3) is 0 Å². The summed E-state index contributed by atoms with van der Waals surface area (Å²) in [4.78, 5) is 5.19. The number of ether oxygens (including phenoxy) is 1. The average Bonchev–Trinajstić information content (AvgIpc) is 2.67. The van der Waals surface area contributed by atoms with Crippen LogP contribution in [0.15, 0.2) is 46.2 Å². The van der Waals surface area contributed by atoms with E-state index in [4.69, 9.17) is 4.74 Å². The molecule has 0 radical (unpaired) electrons. The molecule has 0 N–H and O–H groups in total. The van der Waals surface area contributed by atoms with Crippen LogP contribution in [0.1, 0.15) is 66.0 Å². The molecule has 5 heteroatoms. The molecule has 1 saturated carbocycles. The van der Waals surface area contributed by atoms with Crippen LogP contribution in [-0.2, 0) is 11.4 Å². The third-order valence-corrected chi connectivity index (χ3v) is 6.79. The molecule has 2 aromatic rings. The predicted octanol–water partition coefficient (Wildman–Crippen LogP) is 6.22. The number of pyridine rings is 1. The van der Waals surface area contributed by atoms with E-state index >= 15 is 0 Å². The molecule has 0 aliphatic heterocycles. The molecular weight excluding hydrogens is 380 g/mol. The van der Waals surface area contributed by atoms with Crippen LogP contribution in [0.4, 0.5) is 0 Å². The van der Waals surface area contributed by atoms with Gasteiger partial charge < -0.3 is 9.29 Å². The molecule has 1 aliphatic carbocycles. The molecule has 0 saturated heterocycles. The fraction of sp³-hybridized carbons (Fsp3) is 0.500. The number of aromatic nitrogens is 1. The summed E-state index contributed by atoms with van der Waals surface area (Å²) in [5, 5.41) is 1.03. The Morgan fingerprint density at radius 2 is 1.83 bits per heavy atom. The molecule has 1 aromatic heterocycles. The topological polar surface area (TPSA) is 57.5 Å². The van der Waals surface area contributed by atoms with Crippen LogP contribution < -0.4 is 4.74 Å². The number of allylic oxidation sites excluding steroid dienone is 1. The maximum atomic E-state index is 11.9. The Labute approximate surface area is 177 Å². The largest absolute Gasteiger partial charge is 0.586 e. The van der Waals surface area contributed by atoms with Crippen molar-refractivity contribution in [2.24, 2.45) is 15.7 Å². The summed E-state index contributed by atoms with van der Waals surface area (Å²) in [5.41, 5.74) is 2.63. The second-order valence-electron chi connectivity index (χ2n) is 9.14. The van der Waals surface area contributed by atoms with Crippen molar-refractivity contribution in [2.75, 3.05) is 0 Å². The summed E-state index contributed by atoms with van der Waals surface area (Å²) in [6, 6.07) is 9.96. The van der Waals surface area contributed by atoms with Crippen molar-refractivity contribution < 1.29 is 9.29 Å². The smallest absolute Gasteiger partial charge is 0.149 e. The predicted molar refractivity (Wildman–Crippen MR) is 123 cm³/mol. The molecular formula is C24H32N2O2S. The van der Waals surface area contributed by atoms with Crippen LogP contribution in [0.25, 0.3) is 10.9 Å². The molecule has 1 aromatic carbocycles. The molecule has 1 aliphatic rings. The number of hydrogen-bond acceptors (Lipinski definition) is 4.